The fraction of sp³-hybridized carbons (Fsp3) is 0.444. The van der Waals surface area contributed by atoms with E-state index >= 15 is 0 Å². The number of carbonyl (C=O) groups is 2. The number of hydrogen-bond acceptors (Lipinski definition) is 5. The van der Waals surface area contributed by atoms with Gasteiger partial charge in [-0.05, 0) is 12.8 Å². The lowest BCUT2D eigenvalue weighted by Crippen LogP contribution is -2.26. The molecule has 2 rings (SSSR count). The van der Waals surface area contributed by atoms with Crippen LogP contribution >= 0.6 is 11.8 Å². The Hall–Kier alpha value is -2.35. The zero-order valence-corrected chi connectivity index (χ0v) is 16.0. The van der Waals surface area contributed by atoms with E-state index in [2.05, 4.69) is 20.8 Å². The zero-order chi connectivity index (χ0) is 18.8. The average Bonchev–Trinajstić information content (AvgIpc) is 2.99. The van der Waals surface area contributed by atoms with Crippen LogP contribution < -0.4 is 10.6 Å². The maximum atomic E-state index is 11.8. The minimum atomic E-state index is -0.0229. The number of hydrogen-bond donors (Lipinski definition) is 2. The number of amides is 2. The van der Waals surface area contributed by atoms with Crippen molar-refractivity contribution >= 4 is 23.6 Å². The molecule has 0 fully saturated rings. The fourth-order valence-corrected chi connectivity index (χ4v) is 3.19. The standard InChI is InChI=1S/C18H25N5O2S/c1-14(24)19-11-6-7-12-20-16(25)10-13-26-18-22-21-17(23(18)2)15-8-4-3-5-9-15/h3-5,8-9H,6-7,10-13H2,1-2H3,(H,19,24)(H,20,25). The topological polar surface area (TPSA) is 88.9 Å². The van der Waals surface area contributed by atoms with Gasteiger partial charge < -0.3 is 15.2 Å². The van der Waals surface area contributed by atoms with Crippen molar-refractivity contribution in [1.82, 2.24) is 25.4 Å². The lowest BCUT2D eigenvalue weighted by molar-refractivity contribution is -0.121. The molecule has 1 aromatic heterocycles. The van der Waals surface area contributed by atoms with Gasteiger partial charge in [0.15, 0.2) is 11.0 Å². The van der Waals surface area contributed by atoms with E-state index in [0.29, 0.717) is 25.3 Å². The molecule has 2 N–H and O–H groups in total. The highest BCUT2D eigenvalue weighted by Crippen LogP contribution is 2.22. The number of thioether (sulfide) groups is 1. The number of aromatic nitrogens is 3. The molecule has 0 saturated heterocycles. The van der Waals surface area contributed by atoms with E-state index in [-0.39, 0.29) is 11.8 Å². The van der Waals surface area contributed by atoms with E-state index in [1.165, 1.54) is 18.7 Å². The van der Waals surface area contributed by atoms with Crippen LogP contribution in [0.25, 0.3) is 11.4 Å². The van der Waals surface area contributed by atoms with Crippen molar-refractivity contribution in [3.8, 4) is 11.4 Å². The van der Waals surface area contributed by atoms with E-state index in [9.17, 15) is 9.59 Å². The van der Waals surface area contributed by atoms with Gasteiger partial charge in [-0.1, -0.05) is 42.1 Å². The van der Waals surface area contributed by atoms with Crippen molar-refractivity contribution in [3.05, 3.63) is 30.3 Å². The Balaban J connectivity index is 1.66. The third-order valence-corrected chi connectivity index (χ3v) is 4.75. The van der Waals surface area contributed by atoms with E-state index in [4.69, 9.17) is 0 Å². The Bertz CT molecular complexity index is 718. The Kier molecular flexibility index (Phi) is 8.14. The van der Waals surface area contributed by atoms with Crippen LogP contribution in [0.4, 0.5) is 0 Å². The second kappa shape index (κ2) is 10.6. The molecule has 7 nitrogen and oxygen atoms in total. The lowest BCUT2D eigenvalue weighted by atomic mass is 10.2. The molecular formula is C18H25N5O2S. The van der Waals surface area contributed by atoms with Gasteiger partial charge in [0.1, 0.15) is 0 Å². The van der Waals surface area contributed by atoms with Crippen LogP contribution in [0.5, 0.6) is 0 Å². The number of rotatable bonds is 10. The highest BCUT2D eigenvalue weighted by molar-refractivity contribution is 7.99. The summed E-state index contributed by atoms with van der Waals surface area (Å²) in [5, 5.41) is 14.9. The first-order chi connectivity index (χ1) is 12.6. The Morgan fingerprint density at radius 1 is 1.08 bits per heavy atom. The van der Waals surface area contributed by atoms with Gasteiger partial charge >= 0.3 is 0 Å². The monoisotopic (exact) mass is 375 g/mol. The first-order valence-electron chi connectivity index (χ1n) is 8.66. The molecule has 0 bridgehead atoms. The first kappa shape index (κ1) is 20.0. The largest absolute Gasteiger partial charge is 0.356 e. The minimum Gasteiger partial charge on any atom is -0.356 e. The van der Waals surface area contributed by atoms with Gasteiger partial charge in [-0.2, -0.15) is 0 Å². The van der Waals surface area contributed by atoms with Gasteiger partial charge in [0, 0.05) is 44.8 Å². The second-order valence-electron chi connectivity index (χ2n) is 5.87. The fourth-order valence-electron chi connectivity index (χ4n) is 2.34. The summed E-state index contributed by atoms with van der Waals surface area (Å²) in [5.74, 6) is 1.47. The van der Waals surface area contributed by atoms with E-state index in [1.807, 2.05) is 41.9 Å². The summed E-state index contributed by atoms with van der Waals surface area (Å²) in [6.45, 7) is 2.78. The van der Waals surface area contributed by atoms with Crippen LogP contribution in [0.15, 0.2) is 35.5 Å². The number of nitrogens with zero attached hydrogens (tertiary/aromatic N) is 3. The highest BCUT2D eigenvalue weighted by atomic mass is 32.2. The van der Waals surface area contributed by atoms with E-state index in [0.717, 1.165) is 29.4 Å². The van der Waals surface area contributed by atoms with Crippen molar-refractivity contribution in [2.45, 2.75) is 31.3 Å². The molecule has 2 amide bonds. The molecule has 0 atom stereocenters. The Morgan fingerprint density at radius 2 is 1.77 bits per heavy atom. The van der Waals surface area contributed by atoms with Crippen LogP contribution in [-0.4, -0.2) is 45.4 Å². The molecule has 0 aliphatic heterocycles. The highest BCUT2D eigenvalue weighted by Gasteiger charge is 2.11. The molecule has 0 unspecified atom stereocenters. The minimum absolute atomic E-state index is 0.0229. The molecular weight excluding hydrogens is 350 g/mol. The summed E-state index contributed by atoms with van der Waals surface area (Å²) in [6, 6.07) is 9.90. The molecule has 2 aromatic rings. The molecule has 8 heteroatoms. The number of unbranched alkanes of at least 4 members (excludes halogenated alkanes) is 1. The van der Waals surface area contributed by atoms with Gasteiger partial charge in [0.05, 0.1) is 0 Å². The molecule has 0 aliphatic rings. The van der Waals surface area contributed by atoms with Crippen molar-refractivity contribution in [2.75, 3.05) is 18.8 Å². The van der Waals surface area contributed by atoms with Gasteiger partial charge in [-0.3, -0.25) is 9.59 Å². The molecule has 0 saturated carbocycles. The van der Waals surface area contributed by atoms with Crippen molar-refractivity contribution < 1.29 is 9.59 Å². The molecule has 1 heterocycles. The first-order valence-corrected chi connectivity index (χ1v) is 9.65. The van der Waals surface area contributed by atoms with Crippen LogP contribution in [0, 0.1) is 0 Å². The molecule has 0 radical (unpaired) electrons. The quantitative estimate of drug-likeness (QED) is 0.490. The van der Waals surface area contributed by atoms with Crippen molar-refractivity contribution in [2.24, 2.45) is 7.05 Å². The molecule has 1 aromatic carbocycles. The summed E-state index contributed by atoms with van der Waals surface area (Å²) < 4.78 is 1.94. The molecule has 26 heavy (non-hydrogen) atoms. The normalized spacial score (nSPS) is 10.5. The molecule has 140 valence electrons. The van der Waals surface area contributed by atoms with Crippen molar-refractivity contribution in [1.29, 1.82) is 0 Å². The lowest BCUT2D eigenvalue weighted by Gasteiger charge is -2.06. The van der Waals surface area contributed by atoms with Crippen molar-refractivity contribution in [3.63, 3.8) is 0 Å². The smallest absolute Gasteiger partial charge is 0.220 e. The zero-order valence-electron chi connectivity index (χ0n) is 15.2. The number of nitrogens with one attached hydrogen (secondary N) is 2. The summed E-state index contributed by atoms with van der Waals surface area (Å²) in [6.07, 6.45) is 2.14. The Morgan fingerprint density at radius 3 is 2.46 bits per heavy atom. The molecule has 0 spiro atoms. The third-order valence-electron chi connectivity index (χ3n) is 3.73. The maximum Gasteiger partial charge on any atom is 0.220 e. The van der Waals surface area contributed by atoms with Crippen LogP contribution in [0.2, 0.25) is 0 Å². The SMILES string of the molecule is CC(=O)NCCCCNC(=O)CCSc1nnc(-c2ccccc2)n1C. The van der Waals surface area contributed by atoms with E-state index in [1.54, 1.807) is 0 Å². The number of benzene rings is 1. The molecule has 0 aliphatic carbocycles. The second-order valence-corrected chi connectivity index (χ2v) is 6.93. The average molecular weight is 375 g/mol. The number of carbonyl (C=O) groups excluding carboxylic acids is 2. The van der Waals surface area contributed by atoms with Crippen LogP contribution in [0.3, 0.4) is 0 Å². The summed E-state index contributed by atoms with van der Waals surface area (Å²) in [4.78, 5) is 22.6. The van der Waals surface area contributed by atoms with Gasteiger partial charge in [0.2, 0.25) is 11.8 Å². The van der Waals surface area contributed by atoms with E-state index < -0.39 is 0 Å². The van der Waals surface area contributed by atoms with Gasteiger partial charge in [-0.15, -0.1) is 10.2 Å². The van der Waals surface area contributed by atoms with Gasteiger partial charge in [-0.25, -0.2) is 0 Å². The summed E-state index contributed by atoms with van der Waals surface area (Å²) >= 11 is 1.52. The third kappa shape index (κ3) is 6.51. The summed E-state index contributed by atoms with van der Waals surface area (Å²) in [5.41, 5.74) is 1.02. The van der Waals surface area contributed by atoms with Crippen LogP contribution in [0.1, 0.15) is 26.2 Å². The van der Waals surface area contributed by atoms with Gasteiger partial charge in [0.25, 0.3) is 0 Å². The van der Waals surface area contributed by atoms with Crippen LogP contribution in [-0.2, 0) is 16.6 Å². The maximum absolute atomic E-state index is 11.8. The predicted molar refractivity (Wildman–Crippen MR) is 103 cm³/mol. The summed E-state index contributed by atoms with van der Waals surface area (Å²) in [7, 11) is 1.93. The predicted octanol–water partition coefficient (Wildman–Crippen LogP) is 2.00. The Labute approximate surface area is 158 Å².